The van der Waals surface area contributed by atoms with Crippen LogP contribution < -0.4 is 10.1 Å². The zero-order valence-electron chi connectivity index (χ0n) is 19.6. The maximum Gasteiger partial charge on any atom is 0.222 e. The van der Waals surface area contributed by atoms with E-state index >= 15 is 0 Å². The van der Waals surface area contributed by atoms with E-state index in [1.807, 2.05) is 53.4 Å². The van der Waals surface area contributed by atoms with Gasteiger partial charge in [-0.1, -0.05) is 24.3 Å². The van der Waals surface area contributed by atoms with Gasteiger partial charge in [0.25, 0.3) is 0 Å². The smallest absolute Gasteiger partial charge is 0.222 e. The second-order valence-electron chi connectivity index (χ2n) is 9.53. The Morgan fingerprint density at radius 2 is 2.03 bits per heavy atom. The van der Waals surface area contributed by atoms with Crippen molar-refractivity contribution < 1.29 is 18.7 Å². The molecular formula is C27H31N3O4. The van der Waals surface area contributed by atoms with Gasteiger partial charge in [-0.25, -0.2) is 4.98 Å². The van der Waals surface area contributed by atoms with Gasteiger partial charge in [-0.05, 0) is 61.9 Å². The molecule has 2 aliphatic heterocycles. The van der Waals surface area contributed by atoms with Crippen LogP contribution in [0.2, 0.25) is 0 Å². The Kier molecular flexibility index (Phi) is 6.26. The van der Waals surface area contributed by atoms with Crippen molar-refractivity contribution in [2.45, 2.75) is 56.4 Å². The van der Waals surface area contributed by atoms with Gasteiger partial charge in [0.15, 0.2) is 11.5 Å². The van der Waals surface area contributed by atoms with Gasteiger partial charge in [0.1, 0.15) is 11.3 Å². The van der Waals surface area contributed by atoms with Gasteiger partial charge < -0.3 is 19.4 Å². The summed E-state index contributed by atoms with van der Waals surface area (Å²) in [5.41, 5.74) is 2.43. The van der Waals surface area contributed by atoms with Crippen LogP contribution in [0.5, 0.6) is 5.75 Å². The first kappa shape index (κ1) is 22.4. The molecule has 2 aromatic carbocycles. The molecule has 2 saturated heterocycles. The Morgan fingerprint density at radius 3 is 2.76 bits per heavy atom. The van der Waals surface area contributed by atoms with Gasteiger partial charge in [-0.15, -0.1) is 0 Å². The summed E-state index contributed by atoms with van der Waals surface area (Å²) < 4.78 is 11.3. The lowest BCUT2D eigenvalue weighted by atomic mass is 9.84. The molecule has 0 unspecified atom stereocenters. The number of piperidine rings is 1. The van der Waals surface area contributed by atoms with E-state index < -0.39 is 0 Å². The van der Waals surface area contributed by atoms with Gasteiger partial charge in [-0.3, -0.25) is 9.59 Å². The maximum absolute atomic E-state index is 13.1. The van der Waals surface area contributed by atoms with Crippen molar-refractivity contribution in [1.29, 1.82) is 0 Å². The van der Waals surface area contributed by atoms with Gasteiger partial charge in [0.05, 0.1) is 7.11 Å². The van der Waals surface area contributed by atoms with Crippen molar-refractivity contribution in [3.63, 3.8) is 0 Å². The number of nitrogens with zero attached hydrogens (tertiary/aromatic N) is 2. The Labute approximate surface area is 199 Å². The van der Waals surface area contributed by atoms with Crippen LogP contribution in [0.25, 0.3) is 11.1 Å². The van der Waals surface area contributed by atoms with Crippen LogP contribution in [0.15, 0.2) is 52.9 Å². The molecule has 5 rings (SSSR count). The molecule has 7 nitrogen and oxygen atoms in total. The molecule has 3 aromatic rings. The second kappa shape index (κ2) is 9.49. The molecule has 0 spiro atoms. The number of nitrogens with one attached hydrogen (secondary N) is 1. The molecule has 2 fully saturated rings. The minimum absolute atomic E-state index is 0.0643. The molecule has 178 valence electrons. The molecule has 3 heterocycles. The molecular weight excluding hydrogens is 430 g/mol. The monoisotopic (exact) mass is 461 g/mol. The average Bonchev–Trinajstić information content (AvgIpc) is 3.46. The highest BCUT2D eigenvalue weighted by Crippen LogP contribution is 2.33. The molecule has 7 heteroatoms. The lowest BCUT2D eigenvalue weighted by Gasteiger charge is -2.33. The summed E-state index contributed by atoms with van der Waals surface area (Å²) in [6.45, 7) is 1.41. The zero-order chi connectivity index (χ0) is 23.5. The minimum Gasteiger partial charge on any atom is -0.497 e. The molecule has 0 saturated carbocycles. The van der Waals surface area contributed by atoms with Crippen LogP contribution in [0.1, 0.15) is 55.9 Å². The zero-order valence-corrected chi connectivity index (χ0v) is 19.6. The number of amides is 2. The number of benzene rings is 2. The fourth-order valence-electron chi connectivity index (χ4n) is 5.30. The first-order chi connectivity index (χ1) is 16.5. The minimum atomic E-state index is -0.379. The summed E-state index contributed by atoms with van der Waals surface area (Å²) in [6.07, 6.45) is 4.72. The van der Waals surface area contributed by atoms with E-state index in [9.17, 15) is 9.59 Å². The van der Waals surface area contributed by atoms with Gasteiger partial charge >= 0.3 is 0 Å². The van der Waals surface area contributed by atoms with Crippen LogP contribution in [-0.2, 0) is 16.0 Å². The van der Waals surface area contributed by atoms with Gasteiger partial charge in [0, 0.05) is 37.4 Å². The third-order valence-electron chi connectivity index (χ3n) is 7.24. The van der Waals surface area contributed by atoms with Crippen LogP contribution in [-0.4, -0.2) is 47.4 Å². The Bertz CT molecular complexity index is 1150. The number of methoxy groups -OCH3 is 1. The van der Waals surface area contributed by atoms with E-state index in [-0.39, 0.29) is 23.3 Å². The lowest BCUT2D eigenvalue weighted by Crippen LogP contribution is -2.45. The summed E-state index contributed by atoms with van der Waals surface area (Å²) in [7, 11) is 1.65. The quantitative estimate of drug-likeness (QED) is 0.570. The number of para-hydroxylation sites is 2. The van der Waals surface area contributed by atoms with Crippen LogP contribution >= 0.6 is 0 Å². The van der Waals surface area contributed by atoms with Gasteiger partial charge in [0.2, 0.25) is 11.8 Å². The number of carbonyl (C=O) groups excluding carboxylic acids is 2. The van der Waals surface area contributed by atoms with Crippen molar-refractivity contribution in [2.75, 3.05) is 20.2 Å². The standard InChI is InChI=1S/C27H31N3O4/c1-33-21-6-4-5-19(17-21)18-27(13-9-24(31)29-27)14-10-25(32)30-15-11-20(12-16-30)26-28-22-7-2-3-8-23(22)34-26/h2-8,17,20H,9-16,18H2,1H3,(H,29,31)/t27-/m1/s1. The largest absolute Gasteiger partial charge is 0.497 e. The fourth-order valence-corrected chi connectivity index (χ4v) is 5.30. The molecule has 0 aliphatic carbocycles. The third kappa shape index (κ3) is 4.79. The van der Waals surface area contributed by atoms with E-state index in [0.717, 1.165) is 47.6 Å². The molecule has 1 aromatic heterocycles. The topological polar surface area (TPSA) is 84.7 Å². The second-order valence-corrected chi connectivity index (χ2v) is 9.53. The molecule has 0 bridgehead atoms. The lowest BCUT2D eigenvalue weighted by molar-refractivity contribution is -0.133. The van der Waals surface area contributed by atoms with Crippen molar-refractivity contribution in [3.8, 4) is 5.75 Å². The van der Waals surface area contributed by atoms with Crippen molar-refractivity contribution in [3.05, 3.63) is 60.0 Å². The number of likely N-dealkylation sites (tertiary alicyclic amines) is 1. The number of carbonyl (C=O) groups is 2. The normalized spacial score (nSPS) is 21.1. The highest BCUT2D eigenvalue weighted by molar-refractivity contribution is 5.80. The van der Waals surface area contributed by atoms with Crippen molar-refractivity contribution >= 4 is 22.9 Å². The summed E-state index contributed by atoms with van der Waals surface area (Å²) in [6, 6.07) is 15.7. The Hall–Kier alpha value is -3.35. The predicted molar refractivity (Wildman–Crippen MR) is 129 cm³/mol. The fraction of sp³-hybridized carbons (Fsp3) is 0.444. The first-order valence-electron chi connectivity index (χ1n) is 12.1. The highest BCUT2D eigenvalue weighted by Gasteiger charge is 2.38. The Morgan fingerprint density at radius 1 is 1.21 bits per heavy atom. The predicted octanol–water partition coefficient (Wildman–Crippen LogP) is 4.21. The molecule has 34 heavy (non-hydrogen) atoms. The van der Waals surface area contributed by atoms with E-state index in [2.05, 4.69) is 10.3 Å². The van der Waals surface area contributed by atoms with Crippen molar-refractivity contribution in [1.82, 2.24) is 15.2 Å². The molecule has 0 radical (unpaired) electrons. The SMILES string of the molecule is COc1cccc(C[C@]2(CCC(=O)N3CCC(c4nc5ccccc5o4)CC3)CCC(=O)N2)c1. The van der Waals surface area contributed by atoms with Gasteiger partial charge in [-0.2, -0.15) is 0 Å². The van der Waals surface area contributed by atoms with E-state index in [1.165, 1.54) is 0 Å². The number of rotatable bonds is 7. The number of hydrogen-bond acceptors (Lipinski definition) is 5. The number of ether oxygens (including phenoxy) is 1. The average molecular weight is 462 g/mol. The third-order valence-corrected chi connectivity index (χ3v) is 7.24. The highest BCUT2D eigenvalue weighted by atomic mass is 16.5. The van der Waals surface area contributed by atoms with Crippen molar-refractivity contribution in [2.24, 2.45) is 0 Å². The first-order valence-corrected chi connectivity index (χ1v) is 12.1. The van der Waals surface area contributed by atoms with Crippen LogP contribution in [0.4, 0.5) is 0 Å². The molecule has 1 atom stereocenters. The summed E-state index contributed by atoms with van der Waals surface area (Å²) in [4.78, 5) is 31.8. The summed E-state index contributed by atoms with van der Waals surface area (Å²) in [5.74, 6) is 2.04. The molecule has 2 amide bonds. The molecule has 1 N–H and O–H groups in total. The number of oxazole rings is 1. The summed E-state index contributed by atoms with van der Waals surface area (Å²) in [5, 5.41) is 3.18. The number of fused-ring (bicyclic) bond motifs is 1. The number of aromatic nitrogens is 1. The maximum atomic E-state index is 13.1. The molecule has 2 aliphatic rings. The van der Waals surface area contributed by atoms with Crippen LogP contribution in [0.3, 0.4) is 0 Å². The Balaban J connectivity index is 1.18. The van der Waals surface area contributed by atoms with E-state index in [0.29, 0.717) is 38.8 Å². The summed E-state index contributed by atoms with van der Waals surface area (Å²) >= 11 is 0. The number of hydrogen-bond donors (Lipinski definition) is 1. The van der Waals surface area contributed by atoms with Crippen LogP contribution in [0, 0.1) is 0 Å². The van der Waals surface area contributed by atoms with E-state index in [1.54, 1.807) is 7.11 Å². The van der Waals surface area contributed by atoms with E-state index in [4.69, 9.17) is 9.15 Å².